The van der Waals surface area contributed by atoms with Gasteiger partial charge < -0.3 is 9.80 Å². The van der Waals surface area contributed by atoms with E-state index in [4.69, 9.17) is 0 Å². The molecule has 2 aliphatic rings. The molecule has 1 saturated heterocycles. The van der Waals surface area contributed by atoms with Crippen LogP contribution in [-0.4, -0.2) is 59.4 Å². The van der Waals surface area contributed by atoms with Gasteiger partial charge in [-0.2, -0.15) is 5.10 Å². The van der Waals surface area contributed by atoms with Crippen LogP contribution in [0.1, 0.15) is 29.5 Å². The molecule has 1 aromatic rings. The van der Waals surface area contributed by atoms with E-state index in [9.17, 15) is 14.4 Å². The molecule has 0 saturated carbocycles. The number of nitrogens with one attached hydrogen (secondary N) is 1. The van der Waals surface area contributed by atoms with E-state index in [-0.39, 0.29) is 17.7 Å². The molecule has 0 bridgehead atoms. The van der Waals surface area contributed by atoms with Crippen LogP contribution in [-0.2, 0) is 20.8 Å². The van der Waals surface area contributed by atoms with Gasteiger partial charge in [-0.3, -0.25) is 14.4 Å². The number of nitrogens with zero attached hydrogens (tertiary/aromatic N) is 3. The Kier molecular flexibility index (Phi) is 5.35. The topological polar surface area (TPSA) is 82.1 Å². The molecule has 1 fully saturated rings. The Labute approximate surface area is 153 Å². The molecular weight excluding hydrogens is 332 g/mol. The smallest absolute Gasteiger partial charge is 0.270 e. The van der Waals surface area contributed by atoms with Crippen molar-refractivity contribution in [1.29, 1.82) is 0 Å². The molecule has 0 aromatic heterocycles. The number of hydrazone groups is 1. The molecule has 2 aliphatic heterocycles. The molecule has 3 amide bonds. The van der Waals surface area contributed by atoms with Crippen molar-refractivity contribution >= 4 is 23.4 Å². The molecule has 3 rings (SSSR count). The third-order valence-electron chi connectivity index (χ3n) is 4.92. The molecule has 0 unspecified atom stereocenters. The lowest BCUT2D eigenvalue weighted by atomic mass is 10.0. The number of rotatable bonds is 3. The van der Waals surface area contributed by atoms with Crippen molar-refractivity contribution in [2.75, 3.05) is 26.2 Å². The Morgan fingerprint density at radius 3 is 2.42 bits per heavy atom. The number of aryl methyl sites for hydroxylation is 2. The van der Waals surface area contributed by atoms with E-state index in [2.05, 4.69) is 16.6 Å². The summed E-state index contributed by atoms with van der Waals surface area (Å²) < 4.78 is 0. The predicted molar refractivity (Wildman–Crippen MR) is 97.6 cm³/mol. The zero-order valence-electron chi connectivity index (χ0n) is 15.2. The molecule has 2 heterocycles. The molecule has 1 N–H and O–H groups in total. The Morgan fingerprint density at radius 2 is 1.77 bits per heavy atom. The van der Waals surface area contributed by atoms with Gasteiger partial charge in [0.1, 0.15) is 5.71 Å². The van der Waals surface area contributed by atoms with E-state index in [1.807, 2.05) is 30.9 Å². The molecule has 0 atom stereocenters. The first-order chi connectivity index (χ1) is 12.4. The molecule has 1 aromatic carbocycles. The van der Waals surface area contributed by atoms with Gasteiger partial charge in [-0.15, -0.1) is 0 Å². The fourth-order valence-electron chi connectivity index (χ4n) is 3.24. The van der Waals surface area contributed by atoms with Crippen molar-refractivity contribution in [3.63, 3.8) is 0 Å². The molecule has 0 aliphatic carbocycles. The Bertz CT molecular complexity index is 764. The van der Waals surface area contributed by atoms with Crippen LogP contribution in [0.5, 0.6) is 0 Å². The van der Waals surface area contributed by atoms with E-state index >= 15 is 0 Å². The number of amides is 3. The Balaban J connectivity index is 1.54. The quantitative estimate of drug-likeness (QED) is 0.869. The van der Waals surface area contributed by atoms with E-state index in [1.54, 1.807) is 4.90 Å². The van der Waals surface area contributed by atoms with Crippen LogP contribution in [0, 0.1) is 13.8 Å². The van der Waals surface area contributed by atoms with Crippen LogP contribution >= 0.6 is 0 Å². The number of hydrogen-bond donors (Lipinski definition) is 1. The number of benzene rings is 1. The molecule has 138 valence electrons. The maximum Gasteiger partial charge on any atom is 0.270 e. The van der Waals surface area contributed by atoms with Crippen molar-refractivity contribution in [1.82, 2.24) is 15.2 Å². The van der Waals surface area contributed by atoms with Gasteiger partial charge in [-0.25, -0.2) is 5.43 Å². The summed E-state index contributed by atoms with van der Waals surface area (Å²) in [5.41, 5.74) is 6.07. The summed E-state index contributed by atoms with van der Waals surface area (Å²) in [5, 5.41) is 3.86. The summed E-state index contributed by atoms with van der Waals surface area (Å²) >= 11 is 0. The van der Waals surface area contributed by atoms with Gasteiger partial charge in [-0.05, 0) is 25.0 Å². The molecule has 0 radical (unpaired) electrons. The largest absolute Gasteiger partial charge is 0.339 e. The van der Waals surface area contributed by atoms with Crippen molar-refractivity contribution in [3.05, 3.63) is 34.9 Å². The molecule has 7 heteroatoms. The molecule has 0 spiro atoms. The van der Waals surface area contributed by atoms with Gasteiger partial charge in [-0.1, -0.05) is 23.8 Å². The van der Waals surface area contributed by atoms with Crippen molar-refractivity contribution in [2.24, 2.45) is 5.10 Å². The number of carbonyl (C=O) groups is 3. The SMILES string of the molecule is Cc1ccc(C)c(CC(=O)N2CCN(C(=O)C3=NNC(=O)CC3)CC2)c1. The zero-order valence-corrected chi connectivity index (χ0v) is 15.2. The summed E-state index contributed by atoms with van der Waals surface area (Å²) in [4.78, 5) is 39.7. The number of piperazine rings is 1. The highest BCUT2D eigenvalue weighted by Gasteiger charge is 2.28. The normalized spacial score (nSPS) is 17.6. The van der Waals surface area contributed by atoms with E-state index in [1.165, 1.54) is 0 Å². The lowest BCUT2D eigenvalue weighted by Crippen LogP contribution is -2.53. The molecule has 26 heavy (non-hydrogen) atoms. The van der Waals surface area contributed by atoms with Crippen molar-refractivity contribution < 1.29 is 14.4 Å². The Morgan fingerprint density at radius 1 is 1.08 bits per heavy atom. The van der Waals surface area contributed by atoms with E-state index in [0.717, 1.165) is 16.7 Å². The fraction of sp³-hybridized carbons (Fsp3) is 0.474. The standard InChI is InChI=1S/C19H24N4O3/c1-13-3-4-14(2)15(11-13)12-18(25)22-7-9-23(10-8-22)19(26)16-5-6-17(24)21-20-16/h3-4,11H,5-10,12H2,1-2H3,(H,21,24). The maximum absolute atomic E-state index is 12.6. The van der Waals surface area contributed by atoms with Crippen LogP contribution < -0.4 is 5.43 Å². The third kappa shape index (κ3) is 4.09. The van der Waals surface area contributed by atoms with Gasteiger partial charge >= 0.3 is 0 Å². The average Bonchev–Trinajstić information content (AvgIpc) is 2.65. The zero-order chi connectivity index (χ0) is 18.7. The lowest BCUT2D eigenvalue weighted by molar-refractivity contribution is -0.136. The minimum atomic E-state index is -0.164. The van der Waals surface area contributed by atoms with Gasteiger partial charge in [0.05, 0.1) is 6.42 Å². The summed E-state index contributed by atoms with van der Waals surface area (Å²) in [6.07, 6.45) is 1.05. The first kappa shape index (κ1) is 18.1. The second kappa shape index (κ2) is 7.68. The van der Waals surface area contributed by atoms with Gasteiger partial charge in [0, 0.05) is 39.0 Å². The maximum atomic E-state index is 12.6. The van der Waals surface area contributed by atoms with Crippen LogP contribution in [0.15, 0.2) is 23.3 Å². The summed E-state index contributed by atoms with van der Waals surface area (Å²) in [5.74, 6) is -0.219. The van der Waals surface area contributed by atoms with Gasteiger partial charge in [0.25, 0.3) is 5.91 Å². The first-order valence-electron chi connectivity index (χ1n) is 8.92. The predicted octanol–water partition coefficient (Wildman–Crippen LogP) is 0.783. The second-order valence-electron chi connectivity index (χ2n) is 6.87. The minimum Gasteiger partial charge on any atom is -0.339 e. The van der Waals surface area contributed by atoms with E-state index in [0.29, 0.717) is 51.2 Å². The second-order valence-corrected chi connectivity index (χ2v) is 6.87. The van der Waals surface area contributed by atoms with Gasteiger partial charge in [0.2, 0.25) is 11.8 Å². The number of hydrogen-bond acceptors (Lipinski definition) is 4. The highest BCUT2D eigenvalue weighted by molar-refractivity contribution is 6.39. The van der Waals surface area contributed by atoms with E-state index < -0.39 is 0 Å². The Hall–Kier alpha value is -2.70. The summed E-state index contributed by atoms with van der Waals surface area (Å²) in [6, 6.07) is 6.14. The lowest BCUT2D eigenvalue weighted by Gasteiger charge is -2.35. The van der Waals surface area contributed by atoms with Crippen LogP contribution in [0.4, 0.5) is 0 Å². The summed E-state index contributed by atoms with van der Waals surface area (Å²) in [6.45, 7) is 6.06. The van der Waals surface area contributed by atoms with Crippen molar-refractivity contribution in [3.8, 4) is 0 Å². The fourth-order valence-corrected chi connectivity index (χ4v) is 3.24. The first-order valence-corrected chi connectivity index (χ1v) is 8.92. The average molecular weight is 356 g/mol. The van der Waals surface area contributed by atoms with Crippen LogP contribution in [0.25, 0.3) is 0 Å². The monoisotopic (exact) mass is 356 g/mol. The molecular formula is C19H24N4O3. The van der Waals surface area contributed by atoms with Crippen LogP contribution in [0.2, 0.25) is 0 Å². The third-order valence-corrected chi connectivity index (χ3v) is 4.92. The minimum absolute atomic E-state index is 0.0908. The van der Waals surface area contributed by atoms with Crippen molar-refractivity contribution in [2.45, 2.75) is 33.1 Å². The summed E-state index contributed by atoms with van der Waals surface area (Å²) in [7, 11) is 0. The van der Waals surface area contributed by atoms with Crippen LogP contribution in [0.3, 0.4) is 0 Å². The highest BCUT2D eigenvalue weighted by atomic mass is 16.2. The highest BCUT2D eigenvalue weighted by Crippen LogP contribution is 2.14. The molecule has 7 nitrogen and oxygen atoms in total. The van der Waals surface area contributed by atoms with Gasteiger partial charge in [0.15, 0.2) is 0 Å². The number of carbonyl (C=O) groups excluding carboxylic acids is 3.